The molecule has 0 aliphatic carbocycles. The van der Waals surface area contributed by atoms with Gasteiger partial charge < -0.3 is 15.8 Å². The Balaban J connectivity index is 1.42. The lowest BCUT2D eigenvalue weighted by Gasteiger charge is -2.20. The zero-order valence-electron chi connectivity index (χ0n) is 17.1. The minimum atomic E-state index is -0.773. The molecule has 3 aromatic rings. The summed E-state index contributed by atoms with van der Waals surface area (Å²) >= 11 is 0. The fourth-order valence-corrected chi connectivity index (χ4v) is 3.19. The first-order chi connectivity index (χ1) is 15.4. The summed E-state index contributed by atoms with van der Waals surface area (Å²) in [6.45, 7) is 0. The monoisotopic (exact) mass is 432 g/mol. The van der Waals surface area contributed by atoms with E-state index >= 15 is 0 Å². The average Bonchev–Trinajstić information content (AvgIpc) is 3.43. The van der Waals surface area contributed by atoms with E-state index in [2.05, 4.69) is 15.5 Å². The van der Waals surface area contributed by atoms with Gasteiger partial charge >= 0.3 is 5.97 Å². The van der Waals surface area contributed by atoms with Crippen LogP contribution in [0.1, 0.15) is 16.8 Å². The van der Waals surface area contributed by atoms with Crippen LogP contribution in [-0.4, -0.2) is 39.3 Å². The maximum absolute atomic E-state index is 12.6. The van der Waals surface area contributed by atoms with Crippen LogP contribution in [0.3, 0.4) is 0 Å². The number of carbonyl (C=O) groups excluding carboxylic acids is 3. The molecule has 1 unspecified atom stereocenters. The van der Waals surface area contributed by atoms with E-state index < -0.39 is 17.9 Å². The standard InChI is InChI=1S/C22H20N6O4/c1-27-13-14(12-24-27)21(30)25-15-7-9-17(10-8-15)32-22(31)18-11-19(20(23)29)28(26-18)16-5-3-2-4-6-16/h2-10,12-13,19H,11H2,1H3,(H2,23,29)(H,25,30). The summed E-state index contributed by atoms with van der Waals surface area (Å²) < 4.78 is 6.92. The Morgan fingerprint density at radius 1 is 1.09 bits per heavy atom. The number of anilines is 2. The summed E-state index contributed by atoms with van der Waals surface area (Å²) in [5.41, 5.74) is 7.18. The van der Waals surface area contributed by atoms with Gasteiger partial charge in [0.05, 0.1) is 17.4 Å². The molecule has 0 bridgehead atoms. The molecule has 2 amide bonds. The molecule has 0 fully saturated rings. The van der Waals surface area contributed by atoms with Gasteiger partial charge in [0.1, 0.15) is 17.5 Å². The van der Waals surface area contributed by atoms with Crippen LogP contribution in [0.15, 0.2) is 72.1 Å². The van der Waals surface area contributed by atoms with E-state index in [4.69, 9.17) is 10.5 Å². The second-order valence-corrected chi connectivity index (χ2v) is 7.12. The lowest BCUT2D eigenvalue weighted by atomic mass is 10.1. The lowest BCUT2D eigenvalue weighted by Crippen LogP contribution is -2.39. The quantitative estimate of drug-likeness (QED) is 0.450. The van der Waals surface area contributed by atoms with Gasteiger partial charge in [0.15, 0.2) is 0 Å². The maximum atomic E-state index is 12.6. The van der Waals surface area contributed by atoms with Crippen LogP contribution < -0.4 is 20.8 Å². The number of nitrogens with one attached hydrogen (secondary N) is 1. The molecular formula is C22H20N6O4. The number of aryl methyl sites for hydroxylation is 1. The summed E-state index contributed by atoms with van der Waals surface area (Å²) in [6, 6.07) is 14.5. The van der Waals surface area contributed by atoms with Crippen LogP contribution in [0.25, 0.3) is 0 Å². The number of hydrazone groups is 1. The number of rotatable bonds is 6. The van der Waals surface area contributed by atoms with Gasteiger partial charge in [-0.3, -0.25) is 19.3 Å². The summed E-state index contributed by atoms with van der Waals surface area (Å²) in [5.74, 6) is -1.30. The number of hydrogen-bond acceptors (Lipinski definition) is 7. The van der Waals surface area contributed by atoms with Crippen molar-refractivity contribution < 1.29 is 19.1 Å². The highest BCUT2D eigenvalue weighted by atomic mass is 16.5. The number of aromatic nitrogens is 2. The van der Waals surface area contributed by atoms with Gasteiger partial charge in [-0.25, -0.2) is 4.79 Å². The van der Waals surface area contributed by atoms with Crippen LogP contribution >= 0.6 is 0 Å². The Bertz CT molecular complexity index is 1190. The first kappa shape index (κ1) is 20.8. The molecule has 2 heterocycles. The zero-order chi connectivity index (χ0) is 22.7. The summed E-state index contributed by atoms with van der Waals surface area (Å²) in [7, 11) is 1.72. The first-order valence-corrected chi connectivity index (χ1v) is 9.74. The molecule has 10 heteroatoms. The molecule has 0 radical (unpaired) electrons. The van der Waals surface area contributed by atoms with Crippen LogP contribution in [0, 0.1) is 0 Å². The minimum absolute atomic E-state index is 0.0440. The molecule has 3 N–H and O–H groups in total. The van der Waals surface area contributed by atoms with Gasteiger partial charge in [-0.15, -0.1) is 0 Å². The van der Waals surface area contributed by atoms with Crippen molar-refractivity contribution >= 4 is 34.9 Å². The van der Waals surface area contributed by atoms with Gasteiger partial charge in [0.25, 0.3) is 5.91 Å². The summed E-state index contributed by atoms with van der Waals surface area (Å²) in [6.07, 6.45) is 3.11. The Hall–Kier alpha value is -4.47. The molecule has 2 aromatic carbocycles. The molecule has 32 heavy (non-hydrogen) atoms. The molecule has 162 valence electrons. The van der Waals surface area contributed by atoms with E-state index in [1.807, 2.05) is 6.07 Å². The number of amides is 2. The van der Waals surface area contributed by atoms with E-state index in [1.54, 1.807) is 61.8 Å². The maximum Gasteiger partial charge on any atom is 0.359 e. The SMILES string of the molecule is Cn1cc(C(=O)Nc2ccc(OC(=O)C3=NN(c4ccccc4)C(C(N)=O)C3)cc2)cn1. The molecule has 10 nitrogen and oxygen atoms in total. The molecule has 1 atom stereocenters. The van der Waals surface area contributed by atoms with Crippen LogP contribution in [0.4, 0.5) is 11.4 Å². The Morgan fingerprint density at radius 2 is 1.81 bits per heavy atom. The normalized spacial score (nSPS) is 15.2. The van der Waals surface area contributed by atoms with Crippen molar-refractivity contribution in [3.05, 3.63) is 72.6 Å². The fraction of sp³-hybridized carbons (Fsp3) is 0.136. The highest BCUT2D eigenvalue weighted by Gasteiger charge is 2.35. The van der Waals surface area contributed by atoms with Gasteiger partial charge in [0, 0.05) is 25.4 Å². The molecule has 1 aliphatic rings. The third-order valence-electron chi connectivity index (χ3n) is 4.78. The largest absolute Gasteiger partial charge is 0.422 e. The van der Waals surface area contributed by atoms with E-state index in [0.717, 1.165) is 0 Å². The van der Waals surface area contributed by atoms with E-state index in [9.17, 15) is 14.4 Å². The summed E-state index contributed by atoms with van der Waals surface area (Å²) in [5, 5.41) is 12.4. The van der Waals surface area contributed by atoms with E-state index in [-0.39, 0.29) is 23.8 Å². The second kappa shape index (κ2) is 8.72. The van der Waals surface area contributed by atoms with Crippen molar-refractivity contribution in [3.63, 3.8) is 0 Å². The van der Waals surface area contributed by atoms with E-state index in [1.165, 1.54) is 15.9 Å². The Kier molecular flexibility index (Phi) is 5.67. The predicted molar refractivity (Wildman–Crippen MR) is 117 cm³/mol. The van der Waals surface area contributed by atoms with Crippen molar-refractivity contribution in [2.75, 3.05) is 10.3 Å². The predicted octanol–water partition coefficient (Wildman–Crippen LogP) is 1.70. The molecule has 1 aliphatic heterocycles. The zero-order valence-corrected chi connectivity index (χ0v) is 17.1. The Morgan fingerprint density at radius 3 is 2.44 bits per heavy atom. The second-order valence-electron chi connectivity index (χ2n) is 7.12. The number of benzene rings is 2. The van der Waals surface area contributed by atoms with Gasteiger partial charge in [-0.1, -0.05) is 18.2 Å². The molecule has 4 rings (SSSR count). The first-order valence-electron chi connectivity index (χ1n) is 9.74. The molecule has 1 aromatic heterocycles. The Labute approximate surface area is 183 Å². The van der Waals surface area contributed by atoms with Gasteiger partial charge in [-0.2, -0.15) is 10.2 Å². The number of nitrogens with zero attached hydrogens (tertiary/aromatic N) is 4. The number of nitrogens with two attached hydrogens (primary N) is 1. The number of primary amides is 1. The van der Waals surface area contributed by atoms with Crippen molar-refractivity contribution in [2.24, 2.45) is 17.9 Å². The number of carbonyl (C=O) groups is 3. The lowest BCUT2D eigenvalue weighted by molar-refractivity contribution is -0.127. The number of ether oxygens (including phenoxy) is 1. The topological polar surface area (TPSA) is 132 Å². The van der Waals surface area contributed by atoms with Crippen molar-refractivity contribution in [2.45, 2.75) is 12.5 Å². The molecule has 0 saturated heterocycles. The molecule has 0 spiro atoms. The minimum Gasteiger partial charge on any atom is -0.422 e. The number of para-hydroxylation sites is 1. The van der Waals surface area contributed by atoms with Crippen molar-refractivity contribution in [1.82, 2.24) is 9.78 Å². The van der Waals surface area contributed by atoms with Gasteiger partial charge in [-0.05, 0) is 36.4 Å². The fourth-order valence-electron chi connectivity index (χ4n) is 3.19. The third-order valence-corrected chi connectivity index (χ3v) is 4.78. The van der Waals surface area contributed by atoms with Crippen molar-refractivity contribution in [3.8, 4) is 5.75 Å². The average molecular weight is 432 g/mol. The highest BCUT2D eigenvalue weighted by molar-refractivity contribution is 6.38. The summed E-state index contributed by atoms with van der Waals surface area (Å²) in [4.78, 5) is 36.6. The smallest absolute Gasteiger partial charge is 0.359 e. The van der Waals surface area contributed by atoms with Crippen molar-refractivity contribution in [1.29, 1.82) is 0 Å². The highest BCUT2D eigenvalue weighted by Crippen LogP contribution is 2.25. The molecular weight excluding hydrogens is 412 g/mol. The number of hydrogen-bond donors (Lipinski definition) is 2. The van der Waals surface area contributed by atoms with Crippen LogP contribution in [0.2, 0.25) is 0 Å². The molecule has 0 saturated carbocycles. The van der Waals surface area contributed by atoms with Crippen LogP contribution in [0.5, 0.6) is 5.75 Å². The third kappa shape index (κ3) is 4.48. The van der Waals surface area contributed by atoms with Gasteiger partial charge in [0.2, 0.25) is 5.91 Å². The van der Waals surface area contributed by atoms with Crippen LogP contribution in [-0.2, 0) is 16.6 Å². The number of esters is 1. The van der Waals surface area contributed by atoms with E-state index in [0.29, 0.717) is 16.9 Å².